The molecule has 1 saturated carbocycles. The van der Waals surface area contributed by atoms with Crippen molar-refractivity contribution in [3.63, 3.8) is 0 Å². The van der Waals surface area contributed by atoms with Crippen LogP contribution >= 0.6 is 0 Å². The van der Waals surface area contributed by atoms with E-state index in [4.69, 9.17) is 5.73 Å². The van der Waals surface area contributed by atoms with E-state index in [0.717, 1.165) is 24.4 Å². The molecule has 3 nitrogen and oxygen atoms in total. The first-order chi connectivity index (χ1) is 9.64. The summed E-state index contributed by atoms with van der Waals surface area (Å²) in [6, 6.07) is 0.817. The van der Waals surface area contributed by atoms with Crippen LogP contribution < -0.4 is 5.73 Å². The minimum Gasteiger partial charge on any atom is -0.329 e. The van der Waals surface area contributed by atoms with E-state index in [9.17, 15) is 0 Å². The normalized spacial score (nSPS) is 40.2. The van der Waals surface area contributed by atoms with E-state index < -0.39 is 0 Å². The molecule has 3 heteroatoms. The van der Waals surface area contributed by atoms with Gasteiger partial charge in [-0.05, 0) is 57.0 Å². The zero-order valence-corrected chi connectivity index (χ0v) is 13.5. The lowest BCUT2D eigenvalue weighted by atomic mass is 9.63. The molecule has 3 aliphatic rings. The summed E-state index contributed by atoms with van der Waals surface area (Å²) in [6.45, 7) is 10.8. The SMILES string of the molecule is CC(C)C1CC(CN)(N2CCC(N3CCCCC3)C2)C1. The molecule has 0 aromatic heterocycles. The predicted molar refractivity (Wildman–Crippen MR) is 84.7 cm³/mol. The lowest BCUT2D eigenvalue weighted by Crippen LogP contribution is -2.62. The minimum absolute atomic E-state index is 0.361. The highest BCUT2D eigenvalue weighted by Gasteiger charge is 2.50. The molecule has 0 radical (unpaired) electrons. The van der Waals surface area contributed by atoms with Gasteiger partial charge in [0.05, 0.1) is 0 Å². The monoisotopic (exact) mass is 279 g/mol. The number of nitrogens with two attached hydrogens (primary N) is 1. The number of hydrogen-bond donors (Lipinski definition) is 1. The third-order valence-electron chi connectivity index (χ3n) is 6.35. The second kappa shape index (κ2) is 5.94. The van der Waals surface area contributed by atoms with Crippen molar-refractivity contribution in [3.8, 4) is 0 Å². The number of rotatable bonds is 4. The summed E-state index contributed by atoms with van der Waals surface area (Å²) in [5.74, 6) is 1.74. The van der Waals surface area contributed by atoms with Crippen LogP contribution in [-0.4, -0.2) is 54.1 Å². The molecule has 0 aromatic carbocycles. The summed E-state index contributed by atoms with van der Waals surface area (Å²) in [7, 11) is 0. The average Bonchev–Trinajstić information content (AvgIpc) is 2.89. The van der Waals surface area contributed by atoms with Gasteiger partial charge in [0, 0.05) is 31.2 Å². The van der Waals surface area contributed by atoms with Crippen LogP contribution in [0.5, 0.6) is 0 Å². The van der Waals surface area contributed by atoms with Crippen LogP contribution in [0.1, 0.15) is 52.4 Å². The third-order valence-corrected chi connectivity index (χ3v) is 6.35. The first-order valence-electron chi connectivity index (χ1n) is 8.84. The Morgan fingerprint density at radius 3 is 2.40 bits per heavy atom. The van der Waals surface area contributed by atoms with E-state index in [1.165, 1.54) is 64.7 Å². The van der Waals surface area contributed by atoms with E-state index >= 15 is 0 Å². The van der Waals surface area contributed by atoms with E-state index in [0.29, 0.717) is 5.54 Å². The molecule has 2 heterocycles. The fraction of sp³-hybridized carbons (Fsp3) is 1.00. The van der Waals surface area contributed by atoms with Crippen LogP contribution in [0.4, 0.5) is 0 Å². The maximum absolute atomic E-state index is 6.18. The van der Waals surface area contributed by atoms with E-state index in [2.05, 4.69) is 23.6 Å². The Hall–Kier alpha value is -0.120. The van der Waals surface area contributed by atoms with Crippen molar-refractivity contribution in [3.05, 3.63) is 0 Å². The average molecular weight is 279 g/mol. The number of likely N-dealkylation sites (tertiary alicyclic amines) is 2. The van der Waals surface area contributed by atoms with Gasteiger partial charge in [0.15, 0.2) is 0 Å². The molecule has 2 N–H and O–H groups in total. The van der Waals surface area contributed by atoms with Crippen LogP contribution in [0.15, 0.2) is 0 Å². The van der Waals surface area contributed by atoms with Crippen molar-refractivity contribution in [2.24, 2.45) is 17.6 Å². The summed E-state index contributed by atoms with van der Waals surface area (Å²) in [4.78, 5) is 5.51. The molecular formula is C17H33N3. The van der Waals surface area contributed by atoms with Gasteiger partial charge in [0.2, 0.25) is 0 Å². The summed E-state index contributed by atoms with van der Waals surface area (Å²) in [5, 5.41) is 0. The van der Waals surface area contributed by atoms with Crippen LogP contribution in [0.3, 0.4) is 0 Å². The Labute approximate surface area is 124 Å². The molecule has 3 fully saturated rings. The summed E-state index contributed by atoms with van der Waals surface area (Å²) in [5.41, 5.74) is 6.54. The van der Waals surface area contributed by atoms with Gasteiger partial charge in [-0.3, -0.25) is 9.80 Å². The van der Waals surface area contributed by atoms with Crippen LogP contribution in [0.25, 0.3) is 0 Å². The van der Waals surface area contributed by atoms with Gasteiger partial charge in [-0.25, -0.2) is 0 Å². The molecule has 1 atom stereocenters. The van der Waals surface area contributed by atoms with Crippen LogP contribution in [0, 0.1) is 11.8 Å². The molecule has 3 rings (SSSR count). The molecule has 0 aromatic rings. The zero-order chi connectivity index (χ0) is 14.2. The van der Waals surface area contributed by atoms with Crippen molar-refractivity contribution in [2.45, 2.75) is 64.0 Å². The van der Waals surface area contributed by atoms with Crippen molar-refractivity contribution in [1.82, 2.24) is 9.80 Å². The number of hydrogen-bond acceptors (Lipinski definition) is 3. The third kappa shape index (κ3) is 2.65. The maximum Gasteiger partial charge on any atom is 0.0337 e. The van der Waals surface area contributed by atoms with Crippen LogP contribution in [-0.2, 0) is 0 Å². The fourth-order valence-electron chi connectivity index (χ4n) is 4.70. The van der Waals surface area contributed by atoms with E-state index in [1.54, 1.807) is 0 Å². The van der Waals surface area contributed by atoms with Crippen LogP contribution in [0.2, 0.25) is 0 Å². The molecule has 116 valence electrons. The summed E-state index contributed by atoms with van der Waals surface area (Å²) < 4.78 is 0. The maximum atomic E-state index is 6.18. The smallest absolute Gasteiger partial charge is 0.0337 e. The highest BCUT2D eigenvalue weighted by molar-refractivity contribution is 5.06. The largest absolute Gasteiger partial charge is 0.329 e. The molecule has 0 bridgehead atoms. The summed E-state index contributed by atoms with van der Waals surface area (Å²) in [6.07, 6.45) is 8.31. The molecule has 20 heavy (non-hydrogen) atoms. The lowest BCUT2D eigenvalue weighted by molar-refractivity contribution is -0.0255. The molecule has 1 unspecified atom stereocenters. The first kappa shape index (κ1) is 14.8. The quantitative estimate of drug-likeness (QED) is 0.857. The Morgan fingerprint density at radius 2 is 1.80 bits per heavy atom. The molecule has 1 aliphatic carbocycles. The standard InChI is InChI=1S/C17H33N3/c1-14(2)15-10-17(11-15,13-18)20-9-6-16(12-20)19-7-4-3-5-8-19/h14-16H,3-13,18H2,1-2H3. The van der Waals surface area contributed by atoms with E-state index in [1.807, 2.05) is 0 Å². The van der Waals surface area contributed by atoms with Gasteiger partial charge >= 0.3 is 0 Å². The number of nitrogens with zero attached hydrogens (tertiary/aromatic N) is 2. The topological polar surface area (TPSA) is 32.5 Å². The minimum atomic E-state index is 0.361. The Balaban J connectivity index is 1.56. The second-order valence-electron chi connectivity index (χ2n) is 7.83. The summed E-state index contributed by atoms with van der Waals surface area (Å²) >= 11 is 0. The molecule has 2 saturated heterocycles. The first-order valence-corrected chi connectivity index (χ1v) is 8.84. The highest BCUT2D eigenvalue weighted by atomic mass is 15.3. The second-order valence-corrected chi connectivity index (χ2v) is 7.83. The van der Waals surface area contributed by atoms with Gasteiger partial charge in [-0.1, -0.05) is 20.3 Å². The van der Waals surface area contributed by atoms with E-state index in [-0.39, 0.29) is 0 Å². The highest BCUT2D eigenvalue weighted by Crippen LogP contribution is 2.46. The Kier molecular flexibility index (Phi) is 4.40. The Morgan fingerprint density at radius 1 is 1.10 bits per heavy atom. The zero-order valence-electron chi connectivity index (χ0n) is 13.5. The van der Waals surface area contributed by atoms with Crippen molar-refractivity contribution >= 4 is 0 Å². The number of piperidine rings is 1. The van der Waals surface area contributed by atoms with Gasteiger partial charge < -0.3 is 5.73 Å². The van der Waals surface area contributed by atoms with Gasteiger partial charge in [0.25, 0.3) is 0 Å². The lowest BCUT2D eigenvalue weighted by Gasteiger charge is -2.54. The van der Waals surface area contributed by atoms with Gasteiger partial charge in [0.1, 0.15) is 0 Å². The van der Waals surface area contributed by atoms with Crippen molar-refractivity contribution < 1.29 is 0 Å². The molecular weight excluding hydrogens is 246 g/mol. The van der Waals surface area contributed by atoms with Crippen molar-refractivity contribution in [2.75, 3.05) is 32.7 Å². The fourth-order valence-corrected chi connectivity index (χ4v) is 4.70. The van der Waals surface area contributed by atoms with Crippen molar-refractivity contribution in [1.29, 1.82) is 0 Å². The predicted octanol–water partition coefficient (Wildman–Crippen LogP) is 2.31. The molecule has 0 amide bonds. The Bertz CT molecular complexity index is 316. The van der Waals surface area contributed by atoms with Gasteiger partial charge in [-0.15, -0.1) is 0 Å². The molecule has 2 aliphatic heterocycles. The van der Waals surface area contributed by atoms with Gasteiger partial charge in [-0.2, -0.15) is 0 Å². The molecule has 0 spiro atoms.